The number of hydrogen-bond donors (Lipinski definition) is 0. The van der Waals surface area contributed by atoms with Crippen molar-refractivity contribution in [1.29, 1.82) is 0 Å². The summed E-state index contributed by atoms with van der Waals surface area (Å²) >= 11 is -6.17. The molecular weight excluding hydrogens is 313 g/mol. The van der Waals surface area contributed by atoms with E-state index in [1.807, 2.05) is 0 Å². The van der Waals surface area contributed by atoms with Gasteiger partial charge in [0.2, 0.25) is 0 Å². The molecule has 0 spiro atoms. The van der Waals surface area contributed by atoms with Gasteiger partial charge < -0.3 is 0 Å². The smallest absolute Gasteiger partial charge is 2.00 e. The molecule has 0 saturated heterocycles. The summed E-state index contributed by atoms with van der Waals surface area (Å²) in [6.07, 6.45) is 0. The average Bonchev–Trinajstić information content (AvgIpc) is 0.722. The maximum absolute atomic E-state index is 8.65. The minimum atomic E-state index is -6.17. The van der Waals surface area contributed by atoms with Crippen molar-refractivity contribution in [3.8, 4) is 0 Å². The SMILES string of the molecule is [O]=[W](=[O])([O-])[O-].[Zn+2]. The minimum Gasteiger partial charge on any atom is 2.00 e. The van der Waals surface area contributed by atoms with Crippen molar-refractivity contribution in [1.82, 2.24) is 0 Å². The third-order valence-corrected chi connectivity index (χ3v) is 0. The summed E-state index contributed by atoms with van der Waals surface area (Å²) in [6, 6.07) is 0. The zero-order valence-corrected chi connectivity index (χ0v) is 8.65. The van der Waals surface area contributed by atoms with Gasteiger partial charge in [-0.2, -0.15) is 0 Å². The Morgan fingerprint density at radius 1 is 1.17 bits per heavy atom. The van der Waals surface area contributed by atoms with Crippen LogP contribution < -0.4 is 7.52 Å². The summed E-state index contributed by atoms with van der Waals surface area (Å²) in [5.74, 6) is 0. The van der Waals surface area contributed by atoms with Crippen LogP contribution in [0.2, 0.25) is 0 Å². The van der Waals surface area contributed by atoms with E-state index in [1.54, 1.807) is 0 Å². The molecule has 0 heterocycles. The van der Waals surface area contributed by atoms with Crippen LogP contribution in [-0.4, -0.2) is 0 Å². The first-order chi connectivity index (χ1) is 2.00. The van der Waals surface area contributed by atoms with Gasteiger partial charge in [0.1, 0.15) is 0 Å². The maximum Gasteiger partial charge on any atom is 2.00 e. The fraction of sp³-hybridized carbons (Fsp3) is 0. The van der Waals surface area contributed by atoms with E-state index in [9.17, 15) is 0 Å². The molecule has 0 fully saturated rings. The summed E-state index contributed by atoms with van der Waals surface area (Å²) in [6.45, 7) is 0. The van der Waals surface area contributed by atoms with Crippen molar-refractivity contribution < 1.29 is 50.5 Å². The van der Waals surface area contributed by atoms with Crippen LogP contribution in [0.25, 0.3) is 0 Å². The molecule has 0 amide bonds. The minimum absolute atomic E-state index is 0. The van der Waals surface area contributed by atoms with Crippen molar-refractivity contribution >= 4 is 0 Å². The van der Waals surface area contributed by atoms with Crippen LogP contribution in [0, 0.1) is 0 Å². The van der Waals surface area contributed by atoms with Gasteiger partial charge in [-0.25, -0.2) is 0 Å². The van der Waals surface area contributed by atoms with Crippen LogP contribution in [0.5, 0.6) is 0 Å². The molecule has 0 aromatic rings. The van der Waals surface area contributed by atoms with Crippen molar-refractivity contribution in [2.24, 2.45) is 0 Å². The van der Waals surface area contributed by atoms with Crippen LogP contribution in [0.3, 0.4) is 0 Å². The van der Waals surface area contributed by atoms with Gasteiger partial charge in [0.15, 0.2) is 0 Å². The van der Waals surface area contributed by atoms with Crippen LogP contribution >= 0.6 is 0 Å². The van der Waals surface area contributed by atoms with E-state index in [4.69, 9.17) is 14.3 Å². The van der Waals surface area contributed by atoms with E-state index >= 15 is 0 Å². The maximum atomic E-state index is 8.65. The second-order valence-corrected chi connectivity index (χ2v) is 3.34. The van der Waals surface area contributed by atoms with E-state index in [-0.39, 0.29) is 19.5 Å². The summed E-state index contributed by atoms with van der Waals surface area (Å²) in [7, 11) is 0. The summed E-state index contributed by atoms with van der Waals surface area (Å²) < 4.78 is 34.6. The van der Waals surface area contributed by atoms with Gasteiger partial charge in [-0.3, -0.25) is 0 Å². The molecule has 0 rings (SSSR count). The molecule has 0 aromatic heterocycles. The van der Waals surface area contributed by atoms with Crippen molar-refractivity contribution in [2.45, 2.75) is 0 Å². The first-order valence-electron chi connectivity index (χ1n) is 0.667. The zero-order valence-electron chi connectivity index (χ0n) is 2.75. The molecule has 0 saturated carbocycles. The van der Waals surface area contributed by atoms with Crippen molar-refractivity contribution in [3.63, 3.8) is 0 Å². The fourth-order valence-electron chi connectivity index (χ4n) is 0. The molecule has 0 aliphatic heterocycles. The van der Waals surface area contributed by atoms with Crippen LogP contribution in [0.4, 0.5) is 0 Å². The predicted molar refractivity (Wildman–Crippen MR) is 1.37 cm³/mol. The van der Waals surface area contributed by atoms with Crippen LogP contribution in [0.15, 0.2) is 0 Å². The Morgan fingerprint density at radius 2 is 1.17 bits per heavy atom. The molecule has 0 aromatic carbocycles. The van der Waals surface area contributed by atoms with E-state index in [2.05, 4.69) is 0 Å². The second kappa shape index (κ2) is 2.92. The van der Waals surface area contributed by atoms with Gasteiger partial charge in [-0.05, 0) is 0 Å². The molecule has 0 N–H and O–H groups in total. The normalized spacial score (nSPS) is 9.67. The molecule has 4 nitrogen and oxygen atoms in total. The first-order valence-corrected chi connectivity index (χ1v) is 5.46. The Labute approximate surface area is 50.7 Å². The Morgan fingerprint density at radius 3 is 1.17 bits per heavy atom. The third-order valence-electron chi connectivity index (χ3n) is 0. The topological polar surface area (TPSA) is 80.3 Å². The molecule has 0 aliphatic rings. The quantitative estimate of drug-likeness (QED) is 0.459. The van der Waals surface area contributed by atoms with Crippen molar-refractivity contribution in [2.75, 3.05) is 0 Å². The Bertz CT molecular complexity index is 90.7. The Hall–Kier alpha value is 0.832. The molecule has 32 valence electrons. The molecular formula is O4WZn. The van der Waals surface area contributed by atoms with Gasteiger partial charge >= 0.3 is 50.5 Å². The number of rotatable bonds is 0. The summed E-state index contributed by atoms with van der Waals surface area (Å²) in [4.78, 5) is 0. The van der Waals surface area contributed by atoms with Gasteiger partial charge in [-0.1, -0.05) is 0 Å². The van der Waals surface area contributed by atoms with E-state index in [0.29, 0.717) is 0 Å². The number of hydrogen-bond acceptors (Lipinski definition) is 4. The Kier molecular flexibility index (Phi) is 4.84. The summed E-state index contributed by atoms with van der Waals surface area (Å²) in [5.41, 5.74) is 0. The van der Waals surface area contributed by atoms with Gasteiger partial charge in [0.25, 0.3) is 0 Å². The average molecular weight is 313 g/mol. The Balaban J connectivity index is 0. The van der Waals surface area contributed by atoms with Gasteiger partial charge in [0.05, 0.1) is 0 Å². The fourth-order valence-corrected chi connectivity index (χ4v) is 0. The first kappa shape index (κ1) is 9.95. The molecule has 6 heavy (non-hydrogen) atoms. The molecule has 0 atom stereocenters. The van der Waals surface area contributed by atoms with Crippen molar-refractivity contribution in [3.05, 3.63) is 0 Å². The standard InChI is InChI=1S/4O.W.Zn/q;;2*-1;;+2. The van der Waals surface area contributed by atoms with E-state index in [0.717, 1.165) is 0 Å². The van der Waals surface area contributed by atoms with E-state index in [1.165, 1.54) is 0 Å². The molecule has 0 bridgehead atoms. The molecule has 0 aliphatic carbocycles. The molecule has 0 radical (unpaired) electrons. The van der Waals surface area contributed by atoms with Crippen LogP contribution in [0.1, 0.15) is 0 Å². The van der Waals surface area contributed by atoms with Gasteiger partial charge in [-0.15, -0.1) is 0 Å². The van der Waals surface area contributed by atoms with E-state index < -0.39 is 16.7 Å². The zero-order chi connectivity index (χ0) is 4.50. The van der Waals surface area contributed by atoms with Gasteiger partial charge in [0, 0.05) is 0 Å². The monoisotopic (exact) mass is 312 g/mol. The summed E-state index contributed by atoms with van der Waals surface area (Å²) in [5, 5.41) is 0. The second-order valence-electron chi connectivity index (χ2n) is 0.408. The largest absolute Gasteiger partial charge is 2.00 e. The molecule has 0 unspecified atom stereocenters. The third kappa shape index (κ3) is 103. The van der Waals surface area contributed by atoms with Crippen LogP contribution in [-0.2, 0) is 43.0 Å². The predicted octanol–water partition coefficient (Wildman–Crippen LogP) is -2.62. The molecule has 6 heteroatoms.